The molecule has 1 aromatic carbocycles. The van der Waals surface area contributed by atoms with Gasteiger partial charge >= 0.3 is 0 Å². The van der Waals surface area contributed by atoms with Crippen LogP contribution in [0.15, 0.2) is 30.3 Å². The highest BCUT2D eigenvalue weighted by Crippen LogP contribution is 2.30. The van der Waals surface area contributed by atoms with Crippen LogP contribution in [0.1, 0.15) is 31.2 Å². The molecule has 4 atom stereocenters. The number of rotatable bonds is 3. The molecular formula is C16H20O3. The van der Waals surface area contributed by atoms with E-state index in [2.05, 4.69) is 11.8 Å². The molecule has 1 aliphatic carbocycles. The molecule has 0 bridgehead atoms. The quantitative estimate of drug-likeness (QED) is 0.718. The summed E-state index contributed by atoms with van der Waals surface area (Å²) in [4.78, 5) is 0. The first-order valence-corrected chi connectivity index (χ1v) is 6.76. The number of hydrogen-bond acceptors (Lipinski definition) is 3. The van der Waals surface area contributed by atoms with E-state index in [9.17, 15) is 15.3 Å². The van der Waals surface area contributed by atoms with E-state index in [0.29, 0.717) is 25.7 Å². The molecule has 19 heavy (non-hydrogen) atoms. The third-order valence-electron chi connectivity index (χ3n) is 3.60. The second-order valence-corrected chi connectivity index (χ2v) is 5.18. The van der Waals surface area contributed by atoms with E-state index >= 15 is 0 Å². The molecule has 3 heteroatoms. The lowest BCUT2D eigenvalue weighted by molar-refractivity contribution is 0.110. The Hall–Kier alpha value is -1.34. The molecule has 0 aliphatic heterocycles. The van der Waals surface area contributed by atoms with Gasteiger partial charge < -0.3 is 15.3 Å². The van der Waals surface area contributed by atoms with E-state index in [-0.39, 0.29) is 5.92 Å². The van der Waals surface area contributed by atoms with Gasteiger partial charge in [-0.2, -0.15) is 0 Å². The zero-order valence-electron chi connectivity index (χ0n) is 10.9. The normalized spacial score (nSPS) is 27.6. The highest BCUT2D eigenvalue weighted by molar-refractivity contribution is 5.34. The van der Waals surface area contributed by atoms with Gasteiger partial charge in [0.15, 0.2) is 0 Å². The van der Waals surface area contributed by atoms with E-state index < -0.39 is 18.3 Å². The first kappa shape index (κ1) is 14.1. The minimum atomic E-state index is -0.676. The molecule has 1 saturated carbocycles. The van der Waals surface area contributed by atoms with Gasteiger partial charge in [-0.1, -0.05) is 30.0 Å². The molecule has 1 fully saturated rings. The predicted molar refractivity (Wildman–Crippen MR) is 73.3 cm³/mol. The zero-order valence-corrected chi connectivity index (χ0v) is 10.9. The van der Waals surface area contributed by atoms with Gasteiger partial charge in [0.05, 0.1) is 12.2 Å². The molecule has 1 aromatic rings. The Kier molecular flexibility index (Phi) is 4.98. The van der Waals surface area contributed by atoms with Crippen molar-refractivity contribution in [3.8, 4) is 11.8 Å². The lowest BCUT2D eigenvalue weighted by Gasteiger charge is -2.14. The van der Waals surface area contributed by atoms with Crippen LogP contribution in [0, 0.1) is 17.8 Å². The van der Waals surface area contributed by atoms with Crippen LogP contribution in [0.2, 0.25) is 0 Å². The van der Waals surface area contributed by atoms with E-state index in [0.717, 1.165) is 5.56 Å². The van der Waals surface area contributed by atoms with Crippen LogP contribution in [0.4, 0.5) is 0 Å². The maximum absolute atomic E-state index is 9.81. The summed E-state index contributed by atoms with van der Waals surface area (Å²) in [5.41, 5.74) is 0.887. The maximum Gasteiger partial charge on any atom is 0.115 e. The molecule has 0 spiro atoms. The third kappa shape index (κ3) is 4.36. The van der Waals surface area contributed by atoms with Gasteiger partial charge in [-0.25, -0.2) is 0 Å². The molecule has 0 heterocycles. The highest BCUT2D eigenvalue weighted by Gasteiger charge is 2.31. The first-order valence-electron chi connectivity index (χ1n) is 6.76. The average molecular weight is 260 g/mol. The van der Waals surface area contributed by atoms with Crippen molar-refractivity contribution < 1.29 is 15.3 Å². The van der Waals surface area contributed by atoms with Crippen molar-refractivity contribution in [2.75, 3.05) is 0 Å². The smallest absolute Gasteiger partial charge is 0.115 e. The van der Waals surface area contributed by atoms with Crippen molar-refractivity contribution in [3.05, 3.63) is 35.9 Å². The van der Waals surface area contributed by atoms with Crippen LogP contribution in [-0.4, -0.2) is 33.6 Å². The molecule has 0 aromatic heterocycles. The van der Waals surface area contributed by atoms with Crippen molar-refractivity contribution in [2.24, 2.45) is 5.92 Å². The molecule has 0 saturated heterocycles. The Morgan fingerprint density at radius 2 is 1.89 bits per heavy atom. The Balaban J connectivity index is 1.79. The fourth-order valence-electron chi connectivity index (χ4n) is 2.52. The number of benzene rings is 1. The first-order chi connectivity index (χ1) is 9.15. The number of aliphatic hydroxyl groups is 3. The van der Waals surface area contributed by atoms with Crippen molar-refractivity contribution in [3.63, 3.8) is 0 Å². The van der Waals surface area contributed by atoms with Crippen LogP contribution >= 0.6 is 0 Å². The Morgan fingerprint density at radius 3 is 2.53 bits per heavy atom. The SMILES string of the molecule is O[C@@H]1C[C@@H](CC[C@@H](O)C#Cc2ccccc2)[C@H](O)C1. The number of aliphatic hydroxyl groups excluding tert-OH is 3. The van der Waals surface area contributed by atoms with Gasteiger partial charge in [-0.15, -0.1) is 0 Å². The van der Waals surface area contributed by atoms with Gasteiger partial charge in [0.25, 0.3) is 0 Å². The van der Waals surface area contributed by atoms with Crippen LogP contribution in [0.25, 0.3) is 0 Å². The second-order valence-electron chi connectivity index (χ2n) is 5.18. The highest BCUT2D eigenvalue weighted by atomic mass is 16.3. The Labute approximate surface area is 113 Å². The molecule has 0 unspecified atom stereocenters. The Morgan fingerprint density at radius 1 is 1.16 bits per heavy atom. The average Bonchev–Trinajstić information content (AvgIpc) is 2.73. The summed E-state index contributed by atoms with van der Waals surface area (Å²) in [5.74, 6) is 5.82. The molecule has 102 valence electrons. The van der Waals surface area contributed by atoms with Crippen molar-refractivity contribution in [2.45, 2.75) is 44.0 Å². The van der Waals surface area contributed by atoms with Crippen molar-refractivity contribution in [1.82, 2.24) is 0 Å². The lowest BCUT2D eigenvalue weighted by Crippen LogP contribution is -2.15. The van der Waals surface area contributed by atoms with Gasteiger partial charge in [-0.3, -0.25) is 0 Å². The lowest BCUT2D eigenvalue weighted by atomic mass is 9.97. The van der Waals surface area contributed by atoms with E-state index in [1.807, 2.05) is 30.3 Å². The van der Waals surface area contributed by atoms with Crippen molar-refractivity contribution >= 4 is 0 Å². The molecule has 0 radical (unpaired) electrons. The summed E-state index contributed by atoms with van der Waals surface area (Å²) in [5, 5.41) is 28.9. The van der Waals surface area contributed by atoms with Gasteiger partial charge in [0.2, 0.25) is 0 Å². The summed E-state index contributed by atoms with van der Waals surface area (Å²) in [7, 11) is 0. The van der Waals surface area contributed by atoms with Crippen LogP contribution in [0.3, 0.4) is 0 Å². The largest absolute Gasteiger partial charge is 0.393 e. The van der Waals surface area contributed by atoms with E-state index in [4.69, 9.17) is 0 Å². The van der Waals surface area contributed by atoms with Crippen LogP contribution in [-0.2, 0) is 0 Å². The van der Waals surface area contributed by atoms with Gasteiger partial charge in [0.1, 0.15) is 6.10 Å². The molecular weight excluding hydrogens is 240 g/mol. The minimum absolute atomic E-state index is 0.0863. The monoisotopic (exact) mass is 260 g/mol. The molecule has 3 nitrogen and oxygen atoms in total. The summed E-state index contributed by atoms with van der Waals surface area (Å²) in [6, 6.07) is 9.54. The molecule has 1 aliphatic rings. The summed E-state index contributed by atoms with van der Waals surface area (Å²) in [6.07, 6.45) is 0.801. The third-order valence-corrected chi connectivity index (χ3v) is 3.60. The zero-order chi connectivity index (χ0) is 13.7. The van der Waals surface area contributed by atoms with Crippen LogP contribution < -0.4 is 0 Å². The predicted octanol–water partition coefficient (Wildman–Crippen LogP) is 1.31. The van der Waals surface area contributed by atoms with Crippen molar-refractivity contribution in [1.29, 1.82) is 0 Å². The van der Waals surface area contributed by atoms with Gasteiger partial charge in [0, 0.05) is 5.56 Å². The molecule has 2 rings (SSSR count). The molecule has 3 N–H and O–H groups in total. The van der Waals surface area contributed by atoms with E-state index in [1.165, 1.54) is 0 Å². The summed E-state index contributed by atoms with van der Waals surface area (Å²) >= 11 is 0. The molecule has 0 amide bonds. The van der Waals surface area contributed by atoms with E-state index in [1.54, 1.807) is 0 Å². The second kappa shape index (κ2) is 6.72. The number of hydrogen-bond donors (Lipinski definition) is 3. The fraction of sp³-hybridized carbons (Fsp3) is 0.500. The Bertz CT molecular complexity index is 446. The standard InChI is InChI=1S/C16H20O3/c17-14(8-6-12-4-2-1-3-5-12)9-7-13-10-15(18)11-16(13)19/h1-5,13-19H,7,9-11H2/t13-,14+,15-,16-/m1/s1. The van der Waals surface area contributed by atoms with Crippen LogP contribution in [0.5, 0.6) is 0 Å². The summed E-state index contributed by atoms with van der Waals surface area (Å²) in [6.45, 7) is 0. The maximum atomic E-state index is 9.81. The van der Waals surface area contributed by atoms with Gasteiger partial charge in [-0.05, 0) is 43.7 Å². The fourth-order valence-corrected chi connectivity index (χ4v) is 2.52. The minimum Gasteiger partial charge on any atom is -0.393 e. The topological polar surface area (TPSA) is 60.7 Å². The summed E-state index contributed by atoms with van der Waals surface area (Å²) < 4.78 is 0.